The highest BCUT2D eigenvalue weighted by Crippen LogP contribution is 2.40. The zero-order chi connectivity index (χ0) is 13.6. The lowest BCUT2D eigenvalue weighted by atomic mass is 9.97. The van der Waals surface area contributed by atoms with Gasteiger partial charge in [-0.15, -0.1) is 0 Å². The molecule has 1 aliphatic heterocycles. The zero-order valence-electron chi connectivity index (χ0n) is 10.2. The maximum atomic E-state index is 11.6. The number of aliphatic hydroxyl groups is 1. The Hall–Kier alpha value is -1.78. The van der Waals surface area contributed by atoms with E-state index >= 15 is 0 Å². The fourth-order valence-corrected chi connectivity index (χ4v) is 2.55. The standard InChI is InChI=1S/C14H12ClNO3/c1-7-9-5-8(13(17)11-3-2-4-19-11)6-10(15)12(9)16-14(7)18/h2-7,13,17H,1H3,(H,16,18). The molecule has 4 nitrogen and oxygen atoms in total. The molecule has 0 bridgehead atoms. The highest BCUT2D eigenvalue weighted by Gasteiger charge is 2.30. The van der Waals surface area contributed by atoms with Crippen LogP contribution < -0.4 is 5.32 Å². The molecule has 0 saturated carbocycles. The van der Waals surface area contributed by atoms with Crippen LogP contribution in [0.1, 0.15) is 35.8 Å². The number of hydrogen-bond donors (Lipinski definition) is 2. The second-order valence-electron chi connectivity index (χ2n) is 4.60. The monoisotopic (exact) mass is 277 g/mol. The average Bonchev–Trinajstić information content (AvgIpc) is 3.00. The summed E-state index contributed by atoms with van der Waals surface area (Å²) in [6, 6.07) is 6.84. The topological polar surface area (TPSA) is 62.5 Å². The predicted molar refractivity (Wildman–Crippen MR) is 71.3 cm³/mol. The zero-order valence-corrected chi connectivity index (χ0v) is 10.9. The Bertz CT molecular complexity index is 636. The molecule has 1 aromatic carbocycles. The number of halogens is 1. The van der Waals surface area contributed by atoms with E-state index in [9.17, 15) is 9.90 Å². The smallest absolute Gasteiger partial charge is 0.231 e. The van der Waals surface area contributed by atoms with E-state index in [0.717, 1.165) is 5.56 Å². The van der Waals surface area contributed by atoms with Crippen molar-refractivity contribution in [3.8, 4) is 0 Å². The molecule has 0 fully saturated rings. The van der Waals surface area contributed by atoms with Crippen molar-refractivity contribution in [1.82, 2.24) is 0 Å². The summed E-state index contributed by atoms with van der Waals surface area (Å²) < 4.78 is 5.18. The van der Waals surface area contributed by atoms with Gasteiger partial charge in [-0.2, -0.15) is 0 Å². The highest BCUT2D eigenvalue weighted by molar-refractivity contribution is 6.34. The third kappa shape index (κ3) is 1.93. The largest absolute Gasteiger partial charge is 0.466 e. The molecule has 1 aromatic heterocycles. The van der Waals surface area contributed by atoms with Crippen molar-refractivity contribution >= 4 is 23.2 Å². The van der Waals surface area contributed by atoms with Crippen LogP contribution in [0.5, 0.6) is 0 Å². The number of nitrogens with one attached hydrogen (secondary N) is 1. The number of furan rings is 1. The van der Waals surface area contributed by atoms with Crippen LogP contribution in [0.15, 0.2) is 34.9 Å². The normalized spacial score (nSPS) is 19.1. The Balaban J connectivity index is 2.06. The molecular formula is C14H12ClNO3. The van der Waals surface area contributed by atoms with Crippen molar-refractivity contribution in [3.63, 3.8) is 0 Å². The number of amides is 1. The van der Waals surface area contributed by atoms with Crippen LogP contribution in [0.3, 0.4) is 0 Å². The molecule has 2 aromatic rings. The quantitative estimate of drug-likeness (QED) is 0.887. The molecule has 3 rings (SSSR count). The van der Waals surface area contributed by atoms with E-state index in [1.165, 1.54) is 6.26 Å². The van der Waals surface area contributed by atoms with E-state index in [4.69, 9.17) is 16.0 Å². The lowest BCUT2D eigenvalue weighted by Crippen LogP contribution is -2.08. The fraction of sp³-hybridized carbons (Fsp3) is 0.214. The average molecular weight is 278 g/mol. The Morgan fingerprint density at radius 2 is 2.26 bits per heavy atom. The molecule has 98 valence electrons. The molecule has 0 radical (unpaired) electrons. The molecule has 1 amide bonds. The third-order valence-electron chi connectivity index (χ3n) is 3.38. The van der Waals surface area contributed by atoms with E-state index in [0.29, 0.717) is 22.0 Å². The van der Waals surface area contributed by atoms with Gasteiger partial charge in [0.2, 0.25) is 5.91 Å². The van der Waals surface area contributed by atoms with Gasteiger partial charge in [-0.25, -0.2) is 0 Å². The van der Waals surface area contributed by atoms with Gasteiger partial charge < -0.3 is 14.8 Å². The van der Waals surface area contributed by atoms with Crippen molar-refractivity contribution in [2.75, 3.05) is 5.32 Å². The second kappa shape index (κ2) is 4.40. The number of anilines is 1. The highest BCUT2D eigenvalue weighted by atomic mass is 35.5. The SMILES string of the molecule is CC1C(=O)Nc2c(Cl)cc(C(O)c3ccco3)cc21. The van der Waals surface area contributed by atoms with Crippen LogP contribution in [0.2, 0.25) is 5.02 Å². The lowest BCUT2D eigenvalue weighted by Gasteiger charge is -2.12. The maximum absolute atomic E-state index is 11.6. The van der Waals surface area contributed by atoms with Crippen LogP contribution in [0.25, 0.3) is 0 Å². The van der Waals surface area contributed by atoms with Crippen molar-refractivity contribution < 1.29 is 14.3 Å². The molecule has 2 N–H and O–H groups in total. The molecule has 0 aliphatic carbocycles. The number of carbonyl (C=O) groups is 1. The number of benzene rings is 1. The molecule has 2 unspecified atom stereocenters. The first-order chi connectivity index (χ1) is 9.08. The van der Waals surface area contributed by atoms with Gasteiger partial charge in [-0.3, -0.25) is 4.79 Å². The summed E-state index contributed by atoms with van der Waals surface area (Å²) in [5.74, 6) is 0.0961. The van der Waals surface area contributed by atoms with E-state index in [1.807, 2.05) is 0 Å². The molecule has 2 atom stereocenters. The van der Waals surface area contributed by atoms with Crippen molar-refractivity contribution in [2.45, 2.75) is 18.9 Å². The number of rotatable bonds is 2. The van der Waals surface area contributed by atoms with Crippen molar-refractivity contribution in [1.29, 1.82) is 0 Å². The van der Waals surface area contributed by atoms with Crippen LogP contribution in [0.4, 0.5) is 5.69 Å². The van der Waals surface area contributed by atoms with Crippen molar-refractivity contribution in [3.05, 3.63) is 52.4 Å². The molecule has 2 heterocycles. The number of fused-ring (bicyclic) bond motifs is 1. The Morgan fingerprint density at radius 3 is 2.95 bits per heavy atom. The van der Waals surface area contributed by atoms with Gasteiger partial charge in [0, 0.05) is 0 Å². The summed E-state index contributed by atoms with van der Waals surface area (Å²) in [6.07, 6.45) is 0.613. The molecule has 0 saturated heterocycles. The van der Waals surface area contributed by atoms with Crippen LogP contribution in [-0.4, -0.2) is 11.0 Å². The van der Waals surface area contributed by atoms with Crippen molar-refractivity contribution in [2.24, 2.45) is 0 Å². The van der Waals surface area contributed by atoms with Crippen LogP contribution >= 0.6 is 11.6 Å². The van der Waals surface area contributed by atoms with Gasteiger partial charge in [0.25, 0.3) is 0 Å². The minimum atomic E-state index is -0.888. The van der Waals surface area contributed by atoms with E-state index in [2.05, 4.69) is 5.32 Å². The Labute approximate surface area is 115 Å². The molecule has 1 aliphatic rings. The van der Waals surface area contributed by atoms with Gasteiger partial charge in [0.05, 0.1) is 22.9 Å². The second-order valence-corrected chi connectivity index (χ2v) is 5.00. The minimum absolute atomic E-state index is 0.0819. The van der Waals surface area contributed by atoms with E-state index in [1.54, 1.807) is 31.2 Å². The predicted octanol–water partition coefficient (Wildman–Crippen LogP) is 3.07. The maximum Gasteiger partial charge on any atom is 0.231 e. The molecule has 0 spiro atoms. The molecular weight excluding hydrogens is 266 g/mol. The summed E-state index contributed by atoms with van der Waals surface area (Å²) in [5.41, 5.74) is 2.05. The Morgan fingerprint density at radius 1 is 1.47 bits per heavy atom. The molecule has 5 heteroatoms. The molecule has 19 heavy (non-hydrogen) atoms. The van der Waals surface area contributed by atoms with Crippen LogP contribution in [0, 0.1) is 0 Å². The fourth-order valence-electron chi connectivity index (χ4n) is 2.26. The van der Waals surface area contributed by atoms with Gasteiger partial charge in [-0.1, -0.05) is 11.6 Å². The number of carbonyl (C=O) groups excluding carboxylic acids is 1. The van der Waals surface area contributed by atoms with E-state index in [-0.39, 0.29) is 11.8 Å². The summed E-state index contributed by atoms with van der Waals surface area (Å²) in [7, 11) is 0. The van der Waals surface area contributed by atoms with Gasteiger partial charge in [0.15, 0.2) is 0 Å². The number of hydrogen-bond acceptors (Lipinski definition) is 3. The summed E-state index contributed by atoms with van der Waals surface area (Å²) in [5, 5.41) is 13.4. The van der Waals surface area contributed by atoms with Gasteiger partial charge in [0.1, 0.15) is 11.9 Å². The van der Waals surface area contributed by atoms with E-state index < -0.39 is 6.10 Å². The van der Waals surface area contributed by atoms with Crippen LogP contribution in [-0.2, 0) is 4.79 Å². The third-order valence-corrected chi connectivity index (χ3v) is 3.68. The summed E-state index contributed by atoms with van der Waals surface area (Å²) in [6.45, 7) is 1.81. The summed E-state index contributed by atoms with van der Waals surface area (Å²) >= 11 is 6.15. The summed E-state index contributed by atoms with van der Waals surface area (Å²) in [4.78, 5) is 11.6. The first-order valence-electron chi connectivity index (χ1n) is 5.93. The number of aliphatic hydroxyl groups excluding tert-OH is 1. The first-order valence-corrected chi connectivity index (χ1v) is 6.31. The minimum Gasteiger partial charge on any atom is -0.466 e. The van der Waals surface area contributed by atoms with Gasteiger partial charge in [-0.05, 0) is 42.3 Å². The Kier molecular flexibility index (Phi) is 2.84. The van der Waals surface area contributed by atoms with Gasteiger partial charge >= 0.3 is 0 Å². The lowest BCUT2D eigenvalue weighted by molar-refractivity contribution is -0.116. The first kappa shape index (κ1) is 12.3.